The van der Waals surface area contributed by atoms with E-state index >= 15 is 0 Å². The minimum Gasteiger partial charge on any atom is -0.497 e. The molecule has 0 spiro atoms. The van der Waals surface area contributed by atoms with Crippen molar-refractivity contribution in [2.75, 3.05) is 40.5 Å². The van der Waals surface area contributed by atoms with E-state index in [1.165, 1.54) is 0 Å². The maximum Gasteiger partial charge on any atom is 0.220 e. The van der Waals surface area contributed by atoms with Gasteiger partial charge < -0.3 is 20.1 Å². The lowest BCUT2D eigenvalue weighted by Crippen LogP contribution is -2.33. The van der Waals surface area contributed by atoms with Crippen LogP contribution in [-0.4, -0.2) is 46.4 Å². The van der Waals surface area contributed by atoms with Crippen LogP contribution in [-0.2, 0) is 9.53 Å². The SMILES string of the molecule is COCCNCCNC(=O)CC(C)c1ccc(OC)cc1. The monoisotopic (exact) mass is 294 g/mol. The Kier molecular flexibility index (Phi) is 8.47. The van der Waals surface area contributed by atoms with Crippen LogP contribution in [0, 0.1) is 0 Å². The molecule has 0 heterocycles. The average molecular weight is 294 g/mol. The minimum absolute atomic E-state index is 0.0758. The summed E-state index contributed by atoms with van der Waals surface area (Å²) in [6.45, 7) is 4.93. The van der Waals surface area contributed by atoms with Crippen molar-refractivity contribution in [3.63, 3.8) is 0 Å². The zero-order chi connectivity index (χ0) is 15.5. The summed E-state index contributed by atoms with van der Waals surface area (Å²) < 4.78 is 10.1. The van der Waals surface area contributed by atoms with Gasteiger partial charge in [0.1, 0.15) is 5.75 Å². The zero-order valence-electron chi connectivity index (χ0n) is 13.1. The summed E-state index contributed by atoms with van der Waals surface area (Å²) in [5.41, 5.74) is 1.14. The van der Waals surface area contributed by atoms with Gasteiger partial charge in [0.05, 0.1) is 13.7 Å². The molecule has 0 radical (unpaired) electrons. The Balaban J connectivity index is 2.23. The molecule has 21 heavy (non-hydrogen) atoms. The number of carbonyl (C=O) groups is 1. The molecule has 0 aliphatic heterocycles. The highest BCUT2D eigenvalue weighted by Gasteiger charge is 2.10. The molecular weight excluding hydrogens is 268 g/mol. The summed E-state index contributed by atoms with van der Waals surface area (Å²) >= 11 is 0. The highest BCUT2D eigenvalue weighted by atomic mass is 16.5. The fraction of sp³-hybridized carbons (Fsp3) is 0.562. The van der Waals surface area contributed by atoms with Gasteiger partial charge in [-0.25, -0.2) is 0 Å². The third-order valence-corrected chi connectivity index (χ3v) is 3.28. The Hall–Kier alpha value is -1.59. The number of carbonyl (C=O) groups excluding carboxylic acids is 1. The number of hydrogen-bond acceptors (Lipinski definition) is 4. The third-order valence-electron chi connectivity index (χ3n) is 3.28. The number of benzene rings is 1. The summed E-state index contributed by atoms with van der Waals surface area (Å²) in [7, 11) is 3.32. The summed E-state index contributed by atoms with van der Waals surface area (Å²) in [6, 6.07) is 7.85. The Bertz CT molecular complexity index is 406. The number of nitrogens with one attached hydrogen (secondary N) is 2. The number of methoxy groups -OCH3 is 2. The van der Waals surface area contributed by atoms with Crippen molar-refractivity contribution >= 4 is 5.91 Å². The van der Waals surface area contributed by atoms with Crippen LogP contribution in [0.15, 0.2) is 24.3 Å². The van der Waals surface area contributed by atoms with Gasteiger partial charge in [-0.05, 0) is 23.6 Å². The van der Waals surface area contributed by atoms with Gasteiger partial charge in [-0.2, -0.15) is 0 Å². The normalized spacial score (nSPS) is 12.0. The van der Waals surface area contributed by atoms with E-state index < -0.39 is 0 Å². The minimum atomic E-state index is 0.0758. The number of amides is 1. The van der Waals surface area contributed by atoms with Crippen molar-refractivity contribution in [1.82, 2.24) is 10.6 Å². The van der Waals surface area contributed by atoms with Crippen LogP contribution in [0.4, 0.5) is 0 Å². The predicted octanol–water partition coefficient (Wildman–Crippen LogP) is 1.54. The molecule has 118 valence electrons. The number of hydrogen-bond donors (Lipinski definition) is 2. The quantitative estimate of drug-likeness (QED) is 0.643. The fourth-order valence-electron chi connectivity index (χ4n) is 1.99. The topological polar surface area (TPSA) is 59.6 Å². The molecule has 0 saturated heterocycles. The largest absolute Gasteiger partial charge is 0.497 e. The second kappa shape index (κ2) is 10.2. The van der Waals surface area contributed by atoms with E-state index in [1.807, 2.05) is 24.3 Å². The Morgan fingerprint density at radius 1 is 1.14 bits per heavy atom. The lowest BCUT2D eigenvalue weighted by Gasteiger charge is -2.13. The zero-order valence-corrected chi connectivity index (χ0v) is 13.1. The van der Waals surface area contributed by atoms with E-state index in [1.54, 1.807) is 14.2 Å². The van der Waals surface area contributed by atoms with Gasteiger partial charge in [0.2, 0.25) is 5.91 Å². The maximum atomic E-state index is 11.9. The van der Waals surface area contributed by atoms with Crippen LogP contribution in [0.1, 0.15) is 24.8 Å². The molecule has 0 fully saturated rings. The van der Waals surface area contributed by atoms with Crippen molar-refractivity contribution in [2.45, 2.75) is 19.3 Å². The molecule has 1 amide bonds. The van der Waals surface area contributed by atoms with Gasteiger partial charge >= 0.3 is 0 Å². The van der Waals surface area contributed by atoms with E-state index in [4.69, 9.17) is 9.47 Å². The van der Waals surface area contributed by atoms with E-state index in [0.29, 0.717) is 19.6 Å². The van der Waals surface area contributed by atoms with Gasteiger partial charge in [-0.1, -0.05) is 19.1 Å². The van der Waals surface area contributed by atoms with Crippen LogP contribution in [0.5, 0.6) is 5.75 Å². The lowest BCUT2D eigenvalue weighted by atomic mass is 9.97. The van der Waals surface area contributed by atoms with Crippen molar-refractivity contribution < 1.29 is 14.3 Å². The van der Waals surface area contributed by atoms with E-state index in [2.05, 4.69) is 17.6 Å². The van der Waals surface area contributed by atoms with Gasteiger partial charge in [-0.3, -0.25) is 4.79 Å². The first kappa shape index (κ1) is 17.5. The molecule has 0 aliphatic carbocycles. The predicted molar refractivity (Wildman–Crippen MR) is 83.8 cm³/mol. The van der Waals surface area contributed by atoms with E-state index in [-0.39, 0.29) is 11.8 Å². The smallest absolute Gasteiger partial charge is 0.220 e. The van der Waals surface area contributed by atoms with E-state index in [9.17, 15) is 4.79 Å². The van der Waals surface area contributed by atoms with Gasteiger partial charge in [-0.15, -0.1) is 0 Å². The van der Waals surface area contributed by atoms with Gasteiger partial charge in [0.25, 0.3) is 0 Å². The molecule has 0 saturated carbocycles. The van der Waals surface area contributed by atoms with Crippen molar-refractivity contribution in [1.29, 1.82) is 0 Å². The standard InChI is InChI=1S/C16H26N2O3/c1-13(14-4-6-15(21-3)7-5-14)12-16(19)18-9-8-17-10-11-20-2/h4-7,13,17H,8-12H2,1-3H3,(H,18,19). The molecule has 1 rings (SSSR count). The second-order valence-electron chi connectivity index (χ2n) is 4.97. The highest BCUT2D eigenvalue weighted by molar-refractivity contribution is 5.76. The molecule has 1 aromatic rings. The molecule has 1 atom stereocenters. The van der Waals surface area contributed by atoms with Crippen LogP contribution in [0.3, 0.4) is 0 Å². The molecule has 1 aromatic carbocycles. The molecule has 2 N–H and O–H groups in total. The van der Waals surface area contributed by atoms with E-state index in [0.717, 1.165) is 24.4 Å². The average Bonchev–Trinajstić information content (AvgIpc) is 2.50. The Morgan fingerprint density at radius 3 is 2.48 bits per heavy atom. The molecule has 0 aliphatic rings. The summed E-state index contributed by atoms with van der Waals surface area (Å²) in [5, 5.41) is 6.10. The first-order chi connectivity index (χ1) is 10.2. The van der Waals surface area contributed by atoms with Crippen molar-refractivity contribution in [2.24, 2.45) is 0 Å². The molecule has 0 aromatic heterocycles. The summed E-state index contributed by atoms with van der Waals surface area (Å²) in [4.78, 5) is 11.9. The molecular formula is C16H26N2O3. The highest BCUT2D eigenvalue weighted by Crippen LogP contribution is 2.21. The summed E-state index contributed by atoms with van der Waals surface area (Å²) in [6.07, 6.45) is 0.490. The Labute approximate surface area is 127 Å². The van der Waals surface area contributed by atoms with Crippen LogP contribution in [0.25, 0.3) is 0 Å². The molecule has 1 unspecified atom stereocenters. The Morgan fingerprint density at radius 2 is 1.86 bits per heavy atom. The second-order valence-corrected chi connectivity index (χ2v) is 4.97. The van der Waals surface area contributed by atoms with Crippen molar-refractivity contribution in [3.05, 3.63) is 29.8 Å². The third kappa shape index (κ3) is 7.11. The number of ether oxygens (including phenoxy) is 2. The van der Waals surface area contributed by atoms with Crippen LogP contribution in [0.2, 0.25) is 0 Å². The molecule has 0 bridgehead atoms. The first-order valence-corrected chi connectivity index (χ1v) is 7.27. The van der Waals surface area contributed by atoms with Gasteiger partial charge in [0, 0.05) is 33.2 Å². The lowest BCUT2D eigenvalue weighted by molar-refractivity contribution is -0.121. The first-order valence-electron chi connectivity index (χ1n) is 7.27. The maximum absolute atomic E-state index is 11.9. The fourth-order valence-corrected chi connectivity index (χ4v) is 1.99. The summed E-state index contributed by atoms with van der Waals surface area (Å²) in [5.74, 6) is 1.10. The van der Waals surface area contributed by atoms with Crippen LogP contribution < -0.4 is 15.4 Å². The van der Waals surface area contributed by atoms with Crippen molar-refractivity contribution in [3.8, 4) is 5.75 Å². The van der Waals surface area contributed by atoms with Crippen LogP contribution >= 0.6 is 0 Å². The van der Waals surface area contributed by atoms with Gasteiger partial charge in [0.15, 0.2) is 0 Å². The molecule has 5 nitrogen and oxygen atoms in total. The molecule has 5 heteroatoms. The number of rotatable bonds is 10.